The Morgan fingerprint density at radius 3 is 2.08 bits per heavy atom. The van der Waals surface area contributed by atoms with Gasteiger partial charge in [-0.25, -0.2) is 5.20 Å². The molecular formula is C20H29Cl3SiTi. The summed E-state index contributed by atoms with van der Waals surface area (Å²) in [6.45, 7) is 11.9. The van der Waals surface area contributed by atoms with E-state index in [1.54, 1.807) is 16.0 Å². The third-order valence-electron chi connectivity index (χ3n) is 4.66. The molecule has 0 amide bonds. The molecule has 5 heteroatoms. The number of benzene rings is 1. The van der Waals surface area contributed by atoms with Crippen LogP contribution in [-0.2, 0) is 21.7 Å². The molecule has 25 heavy (non-hydrogen) atoms. The van der Waals surface area contributed by atoms with Gasteiger partial charge in [-0.2, -0.15) is 11.6 Å². The number of unbranched alkanes of at least 4 members (excludes halogenated alkanes) is 1. The van der Waals surface area contributed by atoms with Crippen LogP contribution in [-0.4, -0.2) is 8.07 Å². The van der Waals surface area contributed by atoms with Crippen molar-refractivity contribution >= 4 is 13.3 Å². The molecule has 1 aliphatic carbocycles. The predicted molar refractivity (Wildman–Crippen MR) is 96.3 cm³/mol. The Bertz CT molecular complexity index is 550. The van der Waals surface area contributed by atoms with Crippen LogP contribution in [0, 0.1) is 11.5 Å². The first-order chi connectivity index (χ1) is 9.89. The average molecular weight is 452 g/mol. The summed E-state index contributed by atoms with van der Waals surface area (Å²) >= 11 is 0. The fourth-order valence-electron chi connectivity index (χ4n) is 3.38. The Morgan fingerprint density at radius 1 is 1.04 bits per heavy atom. The summed E-state index contributed by atoms with van der Waals surface area (Å²) < 4.78 is 0. The minimum Gasteiger partial charge on any atom is -1.00 e. The van der Waals surface area contributed by atoms with Crippen molar-refractivity contribution in [1.29, 1.82) is 0 Å². The van der Waals surface area contributed by atoms with E-state index in [4.69, 9.17) is 0 Å². The number of rotatable bonds is 5. The topological polar surface area (TPSA) is 0 Å². The molecule has 0 fully saturated rings. The summed E-state index contributed by atoms with van der Waals surface area (Å²) in [5, 5.41) is 3.15. The zero-order valence-electron chi connectivity index (χ0n) is 15.9. The number of hydrogen-bond acceptors (Lipinski definition) is 0. The van der Waals surface area contributed by atoms with E-state index in [1.807, 2.05) is 0 Å². The van der Waals surface area contributed by atoms with Gasteiger partial charge in [0.25, 0.3) is 0 Å². The third kappa shape index (κ3) is 7.20. The van der Waals surface area contributed by atoms with Gasteiger partial charge in [0.1, 0.15) is 0 Å². The van der Waals surface area contributed by atoms with Gasteiger partial charge in [-0.3, -0.25) is 6.08 Å². The molecule has 0 heterocycles. The van der Waals surface area contributed by atoms with Crippen LogP contribution in [0.2, 0.25) is 12.6 Å². The molecule has 138 valence electrons. The monoisotopic (exact) mass is 450 g/mol. The van der Waals surface area contributed by atoms with Crippen LogP contribution in [0.25, 0.3) is 0 Å². The van der Waals surface area contributed by atoms with Gasteiger partial charge in [0.05, 0.1) is 8.07 Å². The van der Waals surface area contributed by atoms with Gasteiger partial charge in [-0.15, -0.1) is 6.42 Å². The Hall–Kier alpha value is 0.501. The van der Waals surface area contributed by atoms with Gasteiger partial charge in [-0.1, -0.05) is 94.1 Å². The Labute approximate surface area is 189 Å². The molecule has 0 bridgehead atoms. The van der Waals surface area contributed by atoms with Gasteiger partial charge >= 0.3 is 21.7 Å². The summed E-state index contributed by atoms with van der Waals surface area (Å²) in [6.07, 6.45) is 9.76. The van der Waals surface area contributed by atoms with Crippen LogP contribution in [0.15, 0.2) is 47.2 Å². The maximum Gasteiger partial charge on any atom is 4.00 e. The number of allylic oxidation sites excluding steroid dienone is 4. The molecule has 0 N–H and O–H groups in total. The quantitative estimate of drug-likeness (QED) is 0.321. The SMILES string of the molecule is CCCC[Si](C)(C1=[C-]CC=C1C(C)(C)C)c1ccccc1.[Cl-].[Cl-].[Cl-].[Ti+4]. The van der Waals surface area contributed by atoms with Crippen LogP contribution < -0.4 is 42.4 Å². The molecule has 0 spiro atoms. The second kappa shape index (κ2) is 12.8. The van der Waals surface area contributed by atoms with E-state index < -0.39 is 8.07 Å². The first kappa shape index (κ1) is 30.2. The smallest absolute Gasteiger partial charge is 1.00 e. The van der Waals surface area contributed by atoms with Crippen LogP contribution in [0.3, 0.4) is 0 Å². The summed E-state index contributed by atoms with van der Waals surface area (Å²) in [5.41, 5.74) is 1.78. The zero-order valence-corrected chi connectivity index (χ0v) is 20.8. The van der Waals surface area contributed by atoms with Crippen molar-refractivity contribution in [1.82, 2.24) is 0 Å². The minimum absolute atomic E-state index is 0. The summed E-state index contributed by atoms with van der Waals surface area (Å²) in [7, 11) is -1.65. The zero-order chi connectivity index (χ0) is 15.5. The average Bonchev–Trinajstić information content (AvgIpc) is 2.96. The fourth-order valence-corrected chi connectivity index (χ4v) is 7.76. The van der Waals surface area contributed by atoms with Gasteiger partial charge in [0.15, 0.2) is 0 Å². The summed E-state index contributed by atoms with van der Waals surface area (Å²) in [4.78, 5) is 0. The number of halogens is 3. The number of hydrogen-bond donors (Lipinski definition) is 0. The molecular weight excluding hydrogens is 423 g/mol. The summed E-state index contributed by atoms with van der Waals surface area (Å²) in [6, 6.07) is 12.5. The van der Waals surface area contributed by atoms with E-state index in [0.29, 0.717) is 0 Å². The predicted octanol–water partition coefficient (Wildman–Crippen LogP) is -3.57. The minimum atomic E-state index is -1.65. The Kier molecular flexibility index (Phi) is 15.5. The Balaban J connectivity index is -0.00000121. The fraction of sp³-hybridized carbons (Fsp3) is 0.500. The van der Waals surface area contributed by atoms with Crippen LogP contribution in [0.1, 0.15) is 47.0 Å². The maximum absolute atomic E-state index is 3.75. The summed E-state index contributed by atoms with van der Waals surface area (Å²) in [5.74, 6) is 0. The van der Waals surface area contributed by atoms with Gasteiger partial charge in [0, 0.05) is 0 Å². The van der Waals surface area contributed by atoms with Crippen molar-refractivity contribution in [3.05, 3.63) is 53.3 Å². The third-order valence-corrected chi connectivity index (χ3v) is 9.17. The van der Waals surface area contributed by atoms with E-state index in [9.17, 15) is 0 Å². The van der Waals surface area contributed by atoms with Crippen molar-refractivity contribution in [2.24, 2.45) is 5.41 Å². The van der Waals surface area contributed by atoms with Crippen molar-refractivity contribution < 1.29 is 58.9 Å². The molecule has 0 nitrogen and oxygen atoms in total. The second-order valence-corrected chi connectivity index (χ2v) is 11.7. The molecule has 0 saturated carbocycles. The van der Waals surface area contributed by atoms with E-state index in [1.165, 1.54) is 18.9 Å². The first-order valence-corrected chi connectivity index (χ1v) is 11.0. The van der Waals surface area contributed by atoms with Crippen molar-refractivity contribution in [2.45, 2.75) is 59.5 Å². The normalized spacial score (nSPS) is 15.2. The molecule has 0 aromatic heterocycles. The van der Waals surface area contributed by atoms with E-state index in [2.05, 4.69) is 76.7 Å². The maximum atomic E-state index is 3.75. The van der Waals surface area contributed by atoms with Gasteiger partial charge in [0.2, 0.25) is 0 Å². The van der Waals surface area contributed by atoms with Crippen LogP contribution in [0.5, 0.6) is 0 Å². The Morgan fingerprint density at radius 2 is 1.60 bits per heavy atom. The largest absolute Gasteiger partial charge is 4.00 e. The van der Waals surface area contributed by atoms with E-state index in [-0.39, 0.29) is 64.4 Å². The van der Waals surface area contributed by atoms with E-state index >= 15 is 0 Å². The standard InChI is InChI=1S/C20H29Si.3ClH.Ti/c1-6-7-16-21(5,17-12-9-8-10-13-17)19-15-11-14-18(19)20(2,3)4;;;;/h8-10,12-14H,6-7,11,16H2,1-5H3;3*1H;/q-1;;;;+4/p-3. The van der Waals surface area contributed by atoms with Crippen molar-refractivity contribution in [2.75, 3.05) is 0 Å². The molecule has 1 unspecified atom stereocenters. The van der Waals surface area contributed by atoms with Gasteiger partial charge in [-0.05, 0) is 0 Å². The molecule has 0 aliphatic heterocycles. The van der Waals surface area contributed by atoms with Crippen LogP contribution in [0.4, 0.5) is 0 Å². The molecule has 2 rings (SSSR count). The van der Waals surface area contributed by atoms with E-state index in [0.717, 1.165) is 6.42 Å². The molecule has 1 aliphatic rings. The van der Waals surface area contributed by atoms with Crippen molar-refractivity contribution in [3.63, 3.8) is 0 Å². The molecule has 1 aromatic carbocycles. The van der Waals surface area contributed by atoms with Crippen molar-refractivity contribution in [3.8, 4) is 0 Å². The molecule has 1 aromatic rings. The molecule has 0 radical (unpaired) electrons. The second-order valence-electron chi connectivity index (χ2n) is 7.43. The van der Waals surface area contributed by atoms with Crippen LogP contribution >= 0.6 is 0 Å². The van der Waals surface area contributed by atoms with Gasteiger partial charge < -0.3 is 37.2 Å². The molecule has 1 atom stereocenters. The molecule has 0 saturated heterocycles. The first-order valence-electron chi connectivity index (χ1n) is 8.27.